The van der Waals surface area contributed by atoms with E-state index in [9.17, 15) is 14.7 Å². The van der Waals surface area contributed by atoms with Crippen LogP contribution in [0.2, 0.25) is 0 Å². The lowest BCUT2D eigenvalue weighted by Crippen LogP contribution is -2.38. The largest absolute Gasteiger partial charge is 0.507 e. The molecule has 0 radical (unpaired) electrons. The van der Waals surface area contributed by atoms with Crippen molar-refractivity contribution in [1.29, 1.82) is 0 Å². The van der Waals surface area contributed by atoms with Gasteiger partial charge in [0.05, 0.1) is 24.8 Å². The summed E-state index contributed by atoms with van der Waals surface area (Å²) in [6, 6.07) is 14.7. The predicted octanol–water partition coefficient (Wildman–Crippen LogP) is 3.70. The van der Waals surface area contributed by atoms with E-state index in [1.807, 2.05) is 43.3 Å². The topological polar surface area (TPSA) is 70.1 Å². The molecule has 2 aromatic carbocycles. The monoisotopic (exact) mass is 448 g/mol. The number of carbonyl (C=O) groups excluding carboxylic acids is 2. The van der Waals surface area contributed by atoms with Gasteiger partial charge >= 0.3 is 0 Å². The minimum Gasteiger partial charge on any atom is -0.507 e. The number of carbonyl (C=O) groups is 2. The van der Waals surface area contributed by atoms with Crippen molar-refractivity contribution < 1.29 is 19.4 Å². The number of aryl methyl sites for hydroxylation is 2. The molecule has 2 aliphatic rings. The van der Waals surface area contributed by atoms with E-state index in [-0.39, 0.29) is 11.3 Å². The Bertz CT molecular complexity index is 1020. The molecular formula is C27H32N2O4. The van der Waals surface area contributed by atoms with Crippen LogP contribution in [-0.2, 0) is 20.7 Å². The number of hydrogen-bond donors (Lipinski definition) is 1. The Morgan fingerprint density at radius 3 is 2.30 bits per heavy atom. The predicted molar refractivity (Wildman–Crippen MR) is 128 cm³/mol. The number of ketones is 1. The Kier molecular flexibility index (Phi) is 7.26. The zero-order valence-electron chi connectivity index (χ0n) is 19.4. The summed E-state index contributed by atoms with van der Waals surface area (Å²) in [7, 11) is 0. The summed E-state index contributed by atoms with van der Waals surface area (Å²) in [5.41, 5.74) is 3.79. The smallest absolute Gasteiger partial charge is 0.295 e. The van der Waals surface area contributed by atoms with Crippen molar-refractivity contribution in [2.24, 2.45) is 0 Å². The van der Waals surface area contributed by atoms with Gasteiger partial charge in [-0.25, -0.2) is 0 Å². The number of morpholine rings is 1. The van der Waals surface area contributed by atoms with Gasteiger partial charge in [0.25, 0.3) is 11.7 Å². The second-order valence-electron chi connectivity index (χ2n) is 8.76. The third-order valence-electron chi connectivity index (χ3n) is 6.55. The first-order valence-electron chi connectivity index (χ1n) is 11.7. The van der Waals surface area contributed by atoms with E-state index in [0.29, 0.717) is 12.1 Å². The molecule has 2 fully saturated rings. The summed E-state index contributed by atoms with van der Waals surface area (Å²) in [5.74, 6) is -1.28. The van der Waals surface area contributed by atoms with Crippen molar-refractivity contribution in [3.05, 3.63) is 76.4 Å². The van der Waals surface area contributed by atoms with Crippen LogP contribution in [0.25, 0.3) is 5.76 Å². The molecule has 0 bridgehead atoms. The summed E-state index contributed by atoms with van der Waals surface area (Å²) in [6.45, 7) is 8.56. The molecule has 2 saturated heterocycles. The zero-order valence-corrected chi connectivity index (χ0v) is 19.4. The molecule has 2 aromatic rings. The lowest BCUT2D eigenvalue weighted by molar-refractivity contribution is -0.140. The Morgan fingerprint density at radius 2 is 1.67 bits per heavy atom. The number of hydrogen-bond acceptors (Lipinski definition) is 5. The van der Waals surface area contributed by atoms with E-state index in [0.717, 1.165) is 56.8 Å². The maximum Gasteiger partial charge on any atom is 0.295 e. The van der Waals surface area contributed by atoms with E-state index < -0.39 is 17.7 Å². The molecule has 4 rings (SSSR count). The maximum atomic E-state index is 13.1. The lowest BCUT2D eigenvalue weighted by atomic mass is 9.94. The fourth-order valence-corrected chi connectivity index (χ4v) is 4.55. The van der Waals surface area contributed by atoms with Crippen LogP contribution in [0, 0.1) is 6.92 Å². The molecular weight excluding hydrogens is 416 g/mol. The van der Waals surface area contributed by atoms with Gasteiger partial charge in [0.1, 0.15) is 5.76 Å². The van der Waals surface area contributed by atoms with Crippen molar-refractivity contribution in [2.75, 3.05) is 39.4 Å². The van der Waals surface area contributed by atoms with Gasteiger partial charge in [0.15, 0.2) is 0 Å². The van der Waals surface area contributed by atoms with Gasteiger partial charge in [-0.3, -0.25) is 14.5 Å². The highest BCUT2D eigenvalue weighted by molar-refractivity contribution is 6.46. The van der Waals surface area contributed by atoms with Gasteiger partial charge in [0, 0.05) is 31.7 Å². The molecule has 0 spiro atoms. The number of benzene rings is 2. The molecule has 2 heterocycles. The molecule has 6 heteroatoms. The van der Waals surface area contributed by atoms with E-state index in [2.05, 4.69) is 11.8 Å². The van der Waals surface area contributed by atoms with Gasteiger partial charge < -0.3 is 14.7 Å². The number of aliphatic hydroxyl groups excluding tert-OH is 1. The SMILES string of the molecule is CCc1ccc(C2/C(=C(/O)c3ccc(C)cc3)C(=O)C(=O)N2CCCN2CCOCC2)cc1. The molecule has 0 aliphatic carbocycles. The van der Waals surface area contributed by atoms with Gasteiger partial charge in [-0.05, 0) is 30.9 Å². The third kappa shape index (κ3) is 5.02. The van der Waals surface area contributed by atoms with Crippen LogP contribution in [0.15, 0.2) is 54.1 Å². The van der Waals surface area contributed by atoms with Crippen molar-refractivity contribution in [2.45, 2.75) is 32.7 Å². The molecule has 1 atom stereocenters. The van der Waals surface area contributed by atoms with Gasteiger partial charge in [-0.2, -0.15) is 0 Å². The van der Waals surface area contributed by atoms with Crippen molar-refractivity contribution in [3.8, 4) is 0 Å². The summed E-state index contributed by atoms with van der Waals surface area (Å²) >= 11 is 0. The molecule has 2 aliphatic heterocycles. The number of likely N-dealkylation sites (tertiary alicyclic amines) is 1. The number of Topliss-reactive ketones (excluding diaryl/α,β-unsaturated/α-hetero) is 1. The summed E-state index contributed by atoms with van der Waals surface area (Å²) < 4.78 is 5.41. The number of aliphatic hydroxyl groups is 1. The minimum atomic E-state index is -0.621. The molecule has 1 N–H and O–H groups in total. The average Bonchev–Trinajstić information content (AvgIpc) is 3.10. The molecule has 0 aromatic heterocycles. The first-order valence-corrected chi connectivity index (χ1v) is 11.7. The van der Waals surface area contributed by atoms with Crippen LogP contribution in [0.3, 0.4) is 0 Å². The highest BCUT2D eigenvalue weighted by Gasteiger charge is 2.45. The number of nitrogens with zero attached hydrogens (tertiary/aromatic N) is 2. The van der Waals surface area contributed by atoms with Crippen LogP contribution in [-0.4, -0.2) is 66.0 Å². The Labute approximate surface area is 195 Å². The molecule has 33 heavy (non-hydrogen) atoms. The van der Waals surface area contributed by atoms with Gasteiger partial charge in [-0.15, -0.1) is 0 Å². The van der Waals surface area contributed by atoms with E-state index >= 15 is 0 Å². The minimum absolute atomic E-state index is 0.117. The van der Waals surface area contributed by atoms with Gasteiger partial charge in [0.2, 0.25) is 0 Å². The normalized spacial score (nSPS) is 21.0. The van der Waals surface area contributed by atoms with Crippen LogP contribution >= 0.6 is 0 Å². The lowest BCUT2D eigenvalue weighted by Gasteiger charge is -2.29. The Balaban J connectivity index is 1.66. The highest BCUT2D eigenvalue weighted by Crippen LogP contribution is 2.39. The van der Waals surface area contributed by atoms with E-state index in [4.69, 9.17) is 4.74 Å². The first-order chi connectivity index (χ1) is 16.0. The highest BCUT2D eigenvalue weighted by atomic mass is 16.5. The zero-order chi connectivity index (χ0) is 23.4. The quantitative estimate of drug-likeness (QED) is 0.397. The van der Waals surface area contributed by atoms with Crippen LogP contribution in [0.4, 0.5) is 0 Å². The van der Waals surface area contributed by atoms with E-state index in [1.165, 1.54) is 5.56 Å². The average molecular weight is 449 g/mol. The standard InChI is InChI=1S/C27H32N2O4/c1-3-20-7-11-21(12-8-20)24-23(25(30)22-9-5-19(2)6-10-22)26(31)27(32)29(24)14-4-13-28-15-17-33-18-16-28/h5-12,24,30H,3-4,13-18H2,1-2H3/b25-23-. The van der Waals surface area contributed by atoms with E-state index in [1.54, 1.807) is 17.0 Å². The summed E-state index contributed by atoms with van der Waals surface area (Å²) in [5, 5.41) is 11.1. The second kappa shape index (κ2) is 10.3. The van der Waals surface area contributed by atoms with Crippen LogP contribution < -0.4 is 0 Å². The van der Waals surface area contributed by atoms with Crippen molar-refractivity contribution in [3.63, 3.8) is 0 Å². The number of rotatable bonds is 7. The number of ether oxygens (including phenoxy) is 1. The fraction of sp³-hybridized carbons (Fsp3) is 0.407. The molecule has 1 unspecified atom stereocenters. The number of amides is 1. The maximum absolute atomic E-state index is 13.1. The molecule has 1 amide bonds. The third-order valence-corrected chi connectivity index (χ3v) is 6.55. The molecule has 174 valence electrons. The summed E-state index contributed by atoms with van der Waals surface area (Å²) in [4.78, 5) is 30.2. The molecule has 0 saturated carbocycles. The first kappa shape index (κ1) is 23.2. The van der Waals surface area contributed by atoms with Crippen molar-refractivity contribution >= 4 is 17.4 Å². The van der Waals surface area contributed by atoms with Gasteiger partial charge in [-0.1, -0.05) is 61.0 Å². The summed E-state index contributed by atoms with van der Waals surface area (Å²) in [6.07, 6.45) is 1.66. The van der Waals surface area contributed by atoms with Crippen molar-refractivity contribution in [1.82, 2.24) is 9.80 Å². The Morgan fingerprint density at radius 1 is 1.00 bits per heavy atom. The molecule has 6 nitrogen and oxygen atoms in total. The Hall–Kier alpha value is -2.96. The van der Waals surface area contributed by atoms with Crippen LogP contribution in [0.1, 0.15) is 41.6 Å². The van der Waals surface area contributed by atoms with Crippen LogP contribution in [0.5, 0.6) is 0 Å². The second-order valence-corrected chi connectivity index (χ2v) is 8.76. The fourth-order valence-electron chi connectivity index (χ4n) is 4.55.